The van der Waals surface area contributed by atoms with E-state index in [1.165, 1.54) is 20.8 Å². The molecule has 0 aliphatic carbocycles. The van der Waals surface area contributed by atoms with E-state index in [0.717, 1.165) is 0 Å². The number of hydrogen-bond donors (Lipinski definition) is 2. The zero-order chi connectivity index (χ0) is 15.3. The summed E-state index contributed by atoms with van der Waals surface area (Å²) in [6.45, 7) is 3.58. The molecule has 1 aliphatic heterocycles. The van der Waals surface area contributed by atoms with Gasteiger partial charge in [-0.25, -0.2) is 0 Å². The molecule has 0 spiro atoms. The van der Waals surface area contributed by atoms with Gasteiger partial charge in [-0.3, -0.25) is 14.4 Å². The van der Waals surface area contributed by atoms with Gasteiger partial charge in [0.05, 0.1) is 6.04 Å². The fourth-order valence-electron chi connectivity index (χ4n) is 2.03. The van der Waals surface area contributed by atoms with Gasteiger partial charge in [0.25, 0.3) is 0 Å². The molecule has 0 saturated carbocycles. The summed E-state index contributed by atoms with van der Waals surface area (Å²) in [5.74, 6) is -1.41. The summed E-state index contributed by atoms with van der Waals surface area (Å²) in [4.78, 5) is 33.1. The van der Waals surface area contributed by atoms with Gasteiger partial charge in [-0.15, -0.1) is 0 Å². The molecule has 0 unspecified atom stereocenters. The third-order valence-corrected chi connectivity index (χ3v) is 2.69. The van der Waals surface area contributed by atoms with E-state index in [1.807, 2.05) is 0 Å². The first-order chi connectivity index (χ1) is 9.29. The molecule has 1 heterocycles. The molecule has 1 saturated heterocycles. The Kier molecular flexibility index (Phi) is 5.90. The first-order valence-corrected chi connectivity index (χ1v) is 6.20. The molecule has 0 radical (unpaired) electrons. The monoisotopic (exact) mass is 289 g/mol. The van der Waals surface area contributed by atoms with Crippen LogP contribution in [0.2, 0.25) is 0 Å². The van der Waals surface area contributed by atoms with Crippen molar-refractivity contribution in [3.63, 3.8) is 0 Å². The van der Waals surface area contributed by atoms with Crippen LogP contribution < -0.4 is 5.32 Å². The summed E-state index contributed by atoms with van der Waals surface area (Å²) in [5.41, 5.74) is 0. The quantitative estimate of drug-likeness (QED) is 0.645. The lowest BCUT2D eigenvalue weighted by Gasteiger charge is -2.39. The zero-order valence-corrected chi connectivity index (χ0v) is 11.6. The molecule has 20 heavy (non-hydrogen) atoms. The Labute approximate surface area is 116 Å². The van der Waals surface area contributed by atoms with Crippen molar-refractivity contribution in [1.29, 1.82) is 0 Å². The lowest BCUT2D eigenvalue weighted by Crippen LogP contribution is -2.58. The molecule has 0 aromatic carbocycles. The summed E-state index contributed by atoms with van der Waals surface area (Å²) in [6.07, 6.45) is -2.74. The van der Waals surface area contributed by atoms with Crippen molar-refractivity contribution in [3.05, 3.63) is 0 Å². The number of ether oxygens (including phenoxy) is 3. The summed E-state index contributed by atoms with van der Waals surface area (Å²) < 4.78 is 15.1. The van der Waals surface area contributed by atoms with Crippen molar-refractivity contribution in [2.75, 3.05) is 6.61 Å². The predicted molar refractivity (Wildman–Crippen MR) is 65.3 cm³/mol. The standard InChI is InChI=1S/C12H19NO7/c1-6(14)13-9-4-11(17)20-10(5-18-7(2)15)12(9)19-8(3)16/h9-12,17H,4-5H2,1-3H3,(H,13,14)/t9-,10+,11-,12+/m0/s1. The van der Waals surface area contributed by atoms with Gasteiger partial charge in [0.1, 0.15) is 12.7 Å². The maximum absolute atomic E-state index is 11.2. The van der Waals surface area contributed by atoms with Gasteiger partial charge in [0.2, 0.25) is 5.91 Å². The minimum Gasteiger partial charge on any atom is -0.463 e. The average Bonchev–Trinajstić information content (AvgIpc) is 2.28. The third kappa shape index (κ3) is 5.14. The van der Waals surface area contributed by atoms with Gasteiger partial charge in [0, 0.05) is 27.2 Å². The number of carbonyl (C=O) groups excluding carboxylic acids is 3. The third-order valence-electron chi connectivity index (χ3n) is 2.69. The molecule has 1 rings (SSSR count). The molecule has 0 aromatic heterocycles. The summed E-state index contributed by atoms with van der Waals surface area (Å²) in [5, 5.41) is 12.2. The second kappa shape index (κ2) is 7.20. The number of esters is 2. The van der Waals surface area contributed by atoms with E-state index in [4.69, 9.17) is 14.2 Å². The zero-order valence-electron chi connectivity index (χ0n) is 11.6. The molecule has 1 amide bonds. The Morgan fingerprint density at radius 3 is 2.40 bits per heavy atom. The first kappa shape index (κ1) is 16.4. The number of hydrogen-bond acceptors (Lipinski definition) is 7. The maximum atomic E-state index is 11.2. The molecule has 1 aliphatic rings. The lowest BCUT2D eigenvalue weighted by molar-refractivity contribution is -0.228. The highest BCUT2D eigenvalue weighted by atomic mass is 16.6. The molecule has 2 N–H and O–H groups in total. The van der Waals surface area contributed by atoms with Crippen molar-refractivity contribution >= 4 is 17.8 Å². The maximum Gasteiger partial charge on any atom is 0.303 e. The summed E-state index contributed by atoms with van der Waals surface area (Å²) >= 11 is 0. The summed E-state index contributed by atoms with van der Waals surface area (Å²) in [6, 6.07) is -0.610. The molecule has 8 heteroatoms. The van der Waals surface area contributed by atoms with Crippen molar-refractivity contribution in [3.8, 4) is 0 Å². The first-order valence-electron chi connectivity index (χ1n) is 6.20. The van der Waals surface area contributed by atoms with E-state index in [1.54, 1.807) is 0 Å². The van der Waals surface area contributed by atoms with Crippen molar-refractivity contribution in [2.24, 2.45) is 0 Å². The van der Waals surface area contributed by atoms with Crippen molar-refractivity contribution < 1.29 is 33.7 Å². The van der Waals surface area contributed by atoms with Crippen LogP contribution >= 0.6 is 0 Å². The number of rotatable bonds is 4. The van der Waals surface area contributed by atoms with E-state index in [-0.39, 0.29) is 18.9 Å². The fraction of sp³-hybridized carbons (Fsp3) is 0.750. The predicted octanol–water partition coefficient (Wildman–Crippen LogP) is -0.907. The number of amides is 1. The molecule has 1 fully saturated rings. The molecular formula is C12H19NO7. The van der Waals surface area contributed by atoms with Crippen LogP contribution in [-0.4, -0.2) is 54.1 Å². The van der Waals surface area contributed by atoms with E-state index in [2.05, 4.69) is 5.32 Å². The minimum atomic E-state index is -1.14. The Balaban J connectivity index is 2.82. The van der Waals surface area contributed by atoms with Crippen LogP contribution in [0.15, 0.2) is 0 Å². The van der Waals surface area contributed by atoms with Crippen molar-refractivity contribution in [2.45, 2.75) is 51.7 Å². The van der Waals surface area contributed by atoms with Crippen LogP contribution in [0, 0.1) is 0 Å². The lowest BCUT2D eigenvalue weighted by atomic mass is 9.98. The molecular weight excluding hydrogens is 270 g/mol. The molecule has 4 atom stereocenters. The number of aliphatic hydroxyl groups is 1. The largest absolute Gasteiger partial charge is 0.463 e. The van der Waals surface area contributed by atoms with E-state index < -0.39 is 36.5 Å². The van der Waals surface area contributed by atoms with Crippen LogP contribution in [0.4, 0.5) is 0 Å². The van der Waals surface area contributed by atoms with E-state index in [0.29, 0.717) is 0 Å². The van der Waals surface area contributed by atoms with Crippen LogP contribution in [0.25, 0.3) is 0 Å². The number of carbonyl (C=O) groups is 3. The molecule has 0 bridgehead atoms. The minimum absolute atomic E-state index is 0.0775. The molecule has 8 nitrogen and oxygen atoms in total. The average molecular weight is 289 g/mol. The summed E-state index contributed by atoms with van der Waals surface area (Å²) in [7, 11) is 0. The second-order valence-electron chi connectivity index (χ2n) is 4.55. The second-order valence-corrected chi connectivity index (χ2v) is 4.55. The highest BCUT2D eigenvalue weighted by Gasteiger charge is 2.41. The number of nitrogens with one attached hydrogen (secondary N) is 1. The Hall–Kier alpha value is -1.67. The topological polar surface area (TPSA) is 111 Å². The van der Waals surface area contributed by atoms with Gasteiger partial charge in [-0.05, 0) is 0 Å². The highest BCUT2D eigenvalue weighted by molar-refractivity contribution is 5.73. The normalized spacial score (nSPS) is 29.4. The van der Waals surface area contributed by atoms with Gasteiger partial charge in [0.15, 0.2) is 12.4 Å². The molecule has 114 valence electrons. The fourth-order valence-corrected chi connectivity index (χ4v) is 2.03. The van der Waals surface area contributed by atoms with Crippen LogP contribution in [0.1, 0.15) is 27.2 Å². The van der Waals surface area contributed by atoms with E-state index in [9.17, 15) is 19.5 Å². The SMILES string of the molecule is CC(=O)N[C@H]1C[C@@H](O)O[C@H](COC(C)=O)[C@@H]1OC(C)=O. The van der Waals surface area contributed by atoms with Gasteiger partial charge in [-0.2, -0.15) is 0 Å². The van der Waals surface area contributed by atoms with Crippen molar-refractivity contribution in [1.82, 2.24) is 5.32 Å². The Morgan fingerprint density at radius 1 is 1.25 bits per heavy atom. The Morgan fingerprint density at radius 2 is 1.90 bits per heavy atom. The van der Waals surface area contributed by atoms with Gasteiger partial charge >= 0.3 is 11.9 Å². The van der Waals surface area contributed by atoms with E-state index >= 15 is 0 Å². The van der Waals surface area contributed by atoms with Gasteiger partial charge in [-0.1, -0.05) is 0 Å². The highest BCUT2D eigenvalue weighted by Crippen LogP contribution is 2.22. The van der Waals surface area contributed by atoms with Crippen LogP contribution in [-0.2, 0) is 28.6 Å². The van der Waals surface area contributed by atoms with Crippen LogP contribution in [0.5, 0.6) is 0 Å². The van der Waals surface area contributed by atoms with Crippen LogP contribution in [0.3, 0.4) is 0 Å². The molecule has 0 aromatic rings. The Bertz CT molecular complexity index is 384. The smallest absolute Gasteiger partial charge is 0.303 e. The number of aliphatic hydroxyl groups excluding tert-OH is 1. The van der Waals surface area contributed by atoms with Gasteiger partial charge < -0.3 is 24.6 Å².